The number of rotatable bonds is 9. The summed E-state index contributed by atoms with van der Waals surface area (Å²) in [4.78, 5) is 10.1. The number of pyridine rings is 1. The van der Waals surface area contributed by atoms with E-state index in [0.717, 1.165) is 69.1 Å². The Morgan fingerprint density at radius 1 is 1.03 bits per heavy atom. The van der Waals surface area contributed by atoms with Gasteiger partial charge in [0.25, 0.3) is 10.2 Å². The van der Waals surface area contributed by atoms with Crippen LogP contribution in [0.1, 0.15) is 82.5 Å². The smallest absolute Gasteiger partial charge is 0.274 e. The Morgan fingerprint density at radius 3 is 2.38 bits per heavy atom. The van der Waals surface area contributed by atoms with Crippen LogP contribution in [0.4, 0.5) is 0 Å². The first-order valence-electron chi connectivity index (χ1n) is 14.5. The van der Waals surface area contributed by atoms with Crippen molar-refractivity contribution >= 4 is 21.2 Å². The highest BCUT2D eigenvalue weighted by molar-refractivity contribution is 7.87. The van der Waals surface area contributed by atoms with Crippen LogP contribution in [0.15, 0.2) is 18.3 Å². The number of fused-ring (bicyclic) bond motifs is 1. The predicted molar refractivity (Wildman–Crippen MR) is 149 cm³/mol. The molecule has 5 rings (SSSR count). The second-order valence-corrected chi connectivity index (χ2v) is 13.3. The van der Waals surface area contributed by atoms with Crippen LogP contribution in [0.3, 0.4) is 0 Å². The van der Waals surface area contributed by atoms with Crippen LogP contribution in [0.2, 0.25) is 0 Å². The average Bonchev–Trinajstić information content (AvgIpc) is 3.50. The van der Waals surface area contributed by atoms with Crippen LogP contribution in [-0.4, -0.2) is 66.5 Å². The highest BCUT2D eigenvalue weighted by Gasteiger charge is 2.32. The average molecular weight is 531 g/mol. The Bertz CT molecular complexity index is 1140. The standard InChI is InChI=1S/C28H46N6O2S/c1-21(2)22-7-9-23(10-8-22)33-18-12-24(13-19-33)34-27(11-15-31-37(29,35)36)26(20-32-16-3-4-17-32)25-6-5-14-30-28(25)34/h5-6,14,21-24,31H,3-4,7-13,15-20H2,1-2H3,(H2,29,35,36)/t22-,23+. The van der Waals surface area contributed by atoms with Gasteiger partial charge in [0.2, 0.25) is 0 Å². The molecule has 8 nitrogen and oxygen atoms in total. The summed E-state index contributed by atoms with van der Waals surface area (Å²) >= 11 is 0. The summed E-state index contributed by atoms with van der Waals surface area (Å²) < 4.78 is 28.2. The van der Waals surface area contributed by atoms with Gasteiger partial charge in [-0.1, -0.05) is 13.8 Å². The zero-order valence-corrected chi connectivity index (χ0v) is 23.6. The van der Waals surface area contributed by atoms with Gasteiger partial charge < -0.3 is 9.47 Å². The quantitative estimate of drug-likeness (QED) is 0.514. The maximum atomic E-state index is 11.6. The fourth-order valence-corrected chi connectivity index (χ4v) is 7.60. The number of hydrogen-bond acceptors (Lipinski definition) is 5. The van der Waals surface area contributed by atoms with E-state index in [0.29, 0.717) is 19.0 Å². The van der Waals surface area contributed by atoms with Gasteiger partial charge in [-0.2, -0.15) is 8.42 Å². The molecule has 37 heavy (non-hydrogen) atoms. The first-order valence-corrected chi connectivity index (χ1v) is 16.0. The molecule has 9 heteroatoms. The molecule has 2 saturated heterocycles. The van der Waals surface area contributed by atoms with Crippen LogP contribution in [-0.2, 0) is 23.2 Å². The second kappa shape index (κ2) is 11.7. The van der Waals surface area contributed by atoms with Crippen LogP contribution >= 0.6 is 0 Å². The molecule has 0 atom stereocenters. The SMILES string of the molecule is CC(C)[C@H]1CC[C@@H](N2CCC(n3c(CCNS(N)(=O)=O)c(CN4CCCC4)c4cccnc43)CC2)CC1. The Morgan fingerprint density at radius 2 is 1.73 bits per heavy atom. The first-order chi connectivity index (χ1) is 17.8. The predicted octanol–water partition coefficient (Wildman–Crippen LogP) is 3.82. The van der Waals surface area contributed by atoms with E-state index in [-0.39, 0.29) is 0 Å². The maximum Gasteiger partial charge on any atom is 0.274 e. The number of likely N-dealkylation sites (tertiary alicyclic amines) is 2. The van der Waals surface area contributed by atoms with Crippen molar-refractivity contribution in [3.8, 4) is 0 Å². The zero-order chi connectivity index (χ0) is 26.0. The molecule has 2 aliphatic heterocycles. The summed E-state index contributed by atoms with van der Waals surface area (Å²) in [6.07, 6.45) is 12.7. The van der Waals surface area contributed by atoms with Crippen molar-refractivity contribution in [2.75, 3.05) is 32.7 Å². The van der Waals surface area contributed by atoms with Gasteiger partial charge >= 0.3 is 0 Å². The molecular formula is C28H46N6O2S. The molecule has 2 aromatic heterocycles. The fraction of sp³-hybridized carbons (Fsp3) is 0.750. The minimum Gasteiger partial charge on any atom is -0.326 e. The molecule has 0 aromatic carbocycles. The molecule has 3 aliphatic rings. The van der Waals surface area contributed by atoms with Crippen molar-refractivity contribution < 1.29 is 8.42 Å². The summed E-state index contributed by atoms with van der Waals surface area (Å²) in [7, 11) is -3.72. The molecule has 3 N–H and O–H groups in total. The van der Waals surface area contributed by atoms with Gasteiger partial charge in [-0.05, 0) is 94.0 Å². The third kappa shape index (κ3) is 6.38. The Hall–Kier alpha value is -1.52. The number of nitrogens with two attached hydrogens (primary N) is 1. The van der Waals surface area contributed by atoms with Gasteiger partial charge in [-0.25, -0.2) is 14.8 Å². The van der Waals surface area contributed by atoms with E-state index in [2.05, 4.69) is 39.0 Å². The summed E-state index contributed by atoms with van der Waals surface area (Å²) in [5, 5.41) is 6.48. The van der Waals surface area contributed by atoms with Crippen molar-refractivity contribution in [1.29, 1.82) is 0 Å². The van der Waals surface area contributed by atoms with Gasteiger partial charge in [-0.15, -0.1) is 0 Å². The highest BCUT2D eigenvalue weighted by atomic mass is 32.2. The molecule has 2 aromatic rings. The third-order valence-corrected chi connectivity index (χ3v) is 9.90. The maximum absolute atomic E-state index is 11.6. The van der Waals surface area contributed by atoms with Crippen molar-refractivity contribution in [2.24, 2.45) is 17.0 Å². The van der Waals surface area contributed by atoms with Crippen molar-refractivity contribution in [2.45, 2.75) is 90.3 Å². The molecule has 206 valence electrons. The minimum absolute atomic E-state index is 0.306. The summed E-state index contributed by atoms with van der Waals surface area (Å²) in [6.45, 7) is 10.5. The molecular weight excluding hydrogens is 484 g/mol. The lowest BCUT2D eigenvalue weighted by Gasteiger charge is -2.42. The monoisotopic (exact) mass is 530 g/mol. The Kier molecular flexibility index (Phi) is 8.56. The second-order valence-electron chi connectivity index (χ2n) is 11.9. The van der Waals surface area contributed by atoms with E-state index in [1.165, 1.54) is 55.2 Å². The molecule has 0 amide bonds. The van der Waals surface area contributed by atoms with E-state index in [4.69, 9.17) is 10.1 Å². The van der Waals surface area contributed by atoms with Crippen LogP contribution in [0.5, 0.6) is 0 Å². The molecule has 4 heterocycles. The third-order valence-electron chi connectivity index (χ3n) is 9.29. The lowest BCUT2D eigenvalue weighted by molar-refractivity contribution is 0.0888. The van der Waals surface area contributed by atoms with Crippen LogP contribution in [0.25, 0.3) is 11.0 Å². The molecule has 0 radical (unpaired) electrons. The molecule has 0 spiro atoms. The summed E-state index contributed by atoms with van der Waals surface area (Å²) in [5.74, 6) is 1.70. The number of aromatic nitrogens is 2. The molecule has 0 unspecified atom stereocenters. The first kappa shape index (κ1) is 27.1. The van der Waals surface area contributed by atoms with Crippen LogP contribution < -0.4 is 9.86 Å². The van der Waals surface area contributed by atoms with Gasteiger partial charge in [0, 0.05) is 62.0 Å². The number of nitrogens with zero attached hydrogens (tertiary/aromatic N) is 4. The Balaban J connectivity index is 1.37. The molecule has 0 bridgehead atoms. The minimum atomic E-state index is -3.72. The van der Waals surface area contributed by atoms with E-state index in [9.17, 15) is 8.42 Å². The fourth-order valence-electron chi connectivity index (χ4n) is 7.21. The van der Waals surface area contributed by atoms with E-state index < -0.39 is 10.2 Å². The molecule has 1 aliphatic carbocycles. The van der Waals surface area contributed by atoms with E-state index >= 15 is 0 Å². The van der Waals surface area contributed by atoms with Gasteiger partial charge in [0.15, 0.2) is 0 Å². The van der Waals surface area contributed by atoms with Crippen molar-refractivity contribution in [1.82, 2.24) is 24.1 Å². The van der Waals surface area contributed by atoms with Crippen molar-refractivity contribution in [3.63, 3.8) is 0 Å². The van der Waals surface area contributed by atoms with Crippen LogP contribution in [0, 0.1) is 11.8 Å². The number of hydrogen-bond donors (Lipinski definition) is 2. The number of piperidine rings is 1. The molecule has 1 saturated carbocycles. The van der Waals surface area contributed by atoms with Gasteiger partial charge in [0.05, 0.1) is 0 Å². The highest BCUT2D eigenvalue weighted by Crippen LogP contribution is 2.37. The normalized spacial score (nSPS) is 25.0. The van der Waals surface area contributed by atoms with E-state index in [1.54, 1.807) is 0 Å². The summed E-state index contributed by atoms with van der Waals surface area (Å²) in [6, 6.07) is 5.35. The lowest BCUT2D eigenvalue weighted by Crippen LogP contribution is -2.44. The zero-order valence-electron chi connectivity index (χ0n) is 22.7. The number of nitrogens with one attached hydrogen (secondary N) is 1. The van der Waals surface area contributed by atoms with Crippen molar-refractivity contribution in [3.05, 3.63) is 29.6 Å². The Labute approximate surface area is 223 Å². The lowest BCUT2D eigenvalue weighted by atomic mass is 9.79. The topological polar surface area (TPSA) is 96.5 Å². The van der Waals surface area contributed by atoms with Gasteiger partial charge in [0.1, 0.15) is 5.65 Å². The largest absolute Gasteiger partial charge is 0.326 e. The van der Waals surface area contributed by atoms with Gasteiger partial charge in [-0.3, -0.25) is 4.90 Å². The van der Waals surface area contributed by atoms with E-state index in [1.807, 2.05) is 12.3 Å². The molecule has 3 fully saturated rings. The summed E-state index contributed by atoms with van der Waals surface area (Å²) in [5.41, 5.74) is 3.60.